The van der Waals surface area contributed by atoms with Gasteiger partial charge in [-0.25, -0.2) is 14.8 Å². The molecule has 22 heavy (non-hydrogen) atoms. The van der Waals surface area contributed by atoms with Gasteiger partial charge in [0.15, 0.2) is 0 Å². The molecule has 2 aromatic rings. The molecule has 0 saturated carbocycles. The molecule has 6 heteroatoms. The van der Waals surface area contributed by atoms with Crippen molar-refractivity contribution >= 4 is 11.9 Å². The first-order chi connectivity index (χ1) is 10.2. The third-order valence-electron chi connectivity index (χ3n) is 2.67. The molecule has 2 rings (SSSR count). The van der Waals surface area contributed by atoms with Gasteiger partial charge in [0.2, 0.25) is 5.88 Å². The third kappa shape index (κ3) is 4.44. The first kappa shape index (κ1) is 15.8. The summed E-state index contributed by atoms with van der Waals surface area (Å²) in [4.78, 5) is 19.0. The first-order valence-corrected chi connectivity index (χ1v) is 6.87. The van der Waals surface area contributed by atoms with E-state index in [2.05, 4.69) is 15.3 Å². The molecule has 0 radical (unpaired) electrons. The molecule has 0 spiro atoms. The van der Waals surface area contributed by atoms with Crippen molar-refractivity contribution in [1.29, 1.82) is 0 Å². The van der Waals surface area contributed by atoms with Gasteiger partial charge >= 0.3 is 6.09 Å². The van der Waals surface area contributed by atoms with Crippen molar-refractivity contribution in [2.75, 3.05) is 5.32 Å². The molecule has 0 aliphatic heterocycles. The quantitative estimate of drug-likeness (QED) is 0.902. The standard InChI is InChI=1S/C16H19N3O3/c1-10-7-12(9-14(18-10)22-16(2,3)4)11-5-6-17-13(8-11)19-15(20)21/h5-9H,1-4H3,(H,17,19)(H,20,21). The van der Waals surface area contributed by atoms with Crippen molar-refractivity contribution in [3.05, 3.63) is 36.2 Å². The highest BCUT2D eigenvalue weighted by Crippen LogP contribution is 2.26. The normalized spacial score (nSPS) is 11.1. The van der Waals surface area contributed by atoms with Crippen molar-refractivity contribution in [3.63, 3.8) is 0 Å². The van der Waals surface area contributed by atoms with Gasteiger partial charge in [0.1, 0.15) is 11.4 Å². The molecule has 0 atom stereocenters. The van der Waals surface area contributed by atoms with Crippen LogP contribution in [0, 0.1) is 6.92 Å². The van der Waals surface area contributed by atoms with Crippen LogP contribution in [0.4, 0.5) is 10.6 Å². The summed E-state index contributed by atoms with van der Waals surface area (Å²) in [6.07, 6.45) is 0.410. The summed E-state index contributed by atoms with van der Waals surface area (Å²) in [6, 6.07) is 7.22. The topological polar surface area (TPSA) is 84.3 Å². The molecule has 6 nitrogen and oxygen atoms in total. The second-order valence-electron chi connectivity index (χ2n) is 5.91. The third-order valence-corrected chi connectivity index (χ3v) is 2.67. The molecule has 0 bridgehead atoms. The van der Waals surface area contributed by atoms with Gasteiger partial charge in [0.05, 0.1) is 0 Å². The summed E-state index contributed by atoms with van der Waals surface area (Å²) in [5, 5.41) is 11.0. The highest BCUT2D eigenvalue weighted by Gasteiger charge is 2.14. The Balaban J connectivity index is 2.38. The van der Waals surface area contributed by atoms with E-state index in [1.54, 1.807) is 12.3 Å². The predicted molar refractivity (Wildman–Crippen MR) is 84.2 cm³/mol. The van der Waals surface area contributed by atoms with E-state index in [0.29, 0.717) is 5.88 Å². The van der Waals surface area contributed by atoms with Crippen molar-refractivity contribution in [2.24, 2.45) is 0 Å². The Morgan fingerprint density at radius 3 is 2.59 bits per heavy atom. The van der Waals surface area contributed by atoms with E-state index in [1.807, 2.05) is 45.9 Å². The Kier molecular flexibility index (Phi) is 4.30. The zero-order valence-corrected chi connectivity index (χ0v) is 13.0. The van der Waals surface area contributed by atoms with Crippen molar-refractivity contribution in [1.82, 2.24) is 9.97 Å². The maximum absolute atomic E-state index is 10.7. The summed E-state index contributed by atoms with van der Waals surface area (Å²) in [6.45, 7) is 7.75. The van der Waals surface area contributed by atoms with E-state index in [9.17, 15) is 4.79 Å². The summed E-state index contributed by atoms with van der Waals surface area (Å²) in [5.41, 5.74) is 2.21. The minimum Gasteiger partial charge on any atom is -0.472 e. The maximum atomic E-state index is 10.7. The Hall–Kier alpha value is -2.63. The van der Waals surface area contributed by atoms with Crippen molar-refractivity contribution < 1.29 is 14.6 Å². The Morgan fingerprint density at radius 1 is 1.23 bits per heavy atom. The van der Waals surface area contributed by atoms with Gasteiger partial charge in [-0.15, -0.1) is 0 Å². The number of ether oxygens (including phenoxy) is 1. The van der Waals surface area contributed by atoms with E-state index in [0.717, 1.165) is 16.8 Å². The van der Waals surface area contributed by atoms with Crippen LogP contribution in [-0.4, -0.2) is 26.8 Å². The second-order valence-corrected chi connectivity index (χ2v) is 5.91. The fourth-order valence-electron chi connectivity index (χ4n) is 1.96. The molecule has 0 saturated heterocycles. The van der Waals surface area contributed by atoms with Gasteiger partial charge in [-0.1, -0.05) is 0 Å². The molecule has 2 N–H and O–H groups in total. The Morgan fingerprint density at radius 2 is 1.95 bits per heavy atom. The summed E-state index contributed by atoms with van der Waals surface area (Å²) in [5.74, 6) is 0.810. The number of anilines is 1. The number of nitrogens with one attached hydrogen (secondary N) is 1. The highest BCUT2D eigenvalue weighted by molar-refractivity contribution is 5.82. The molecular formula is C16H19N3O3. The van der Waals surface area contributed by atoms with Crippen LogP contribution in [0.5, 0.6) is 5.88 Å². The highest BCUT2D eigenvalue weighted by atomic mass is 16.5. The number of pyridine rings is 2. The van der Waals surface area contributed by atoms with E-state index in [1.165, 1.54) is 0 Å². The average molecular weight is 301 g/mol. The number of hydrogen-bond donors (Lipinski definition) is 2. The number of aryl methyl sites for hydroxylation is 1. The predicted octanol–water partition coefficient (Wildman–Crippen LogP) is 3.72. The fourth-order valence-corrected chi connectivity index (χ4v) is 1.96. The van der Waals surface area contributed by atoms with Crippen LogP contribution in [0.2, 0.25) is 0 Å². The molecule has 0 aliphatic rings. The molecular weight excluding hydrogens is 282 g/mol. The fraction of sp³-hybridized carbons (Fsp3) is 0.312. The SMILES string of the molecule is Cc1cc(-c2ccnc(NC(=O)O)c2)cc(OC(C)(C)C)n1. The largest absolute Gasteiger partial charge is 0.472 e. The number of rotatable bonds is 3. The molecule has 0 unspecified atom stereocenters. The van der Waals surface area contributed by atoms with Gasteiger partial charge in [-0.3, -0.25) is 5.32 Å². The molecule has 1 amide bonds. The molecule has 2 heterocycles. The summed E-state index contributed by atoms with van der Waals surface area (Å²) >= 11 is 0. The lowest BCUT2D eigenvalue weighted by atomic mass is 10.1. The van der Waals surface area contributed by atoms with Gasteiger partial charge in [-0.2, -0.15) is 0 Å². The van der Waals surface area contributed by atoms with E-state index < -0.39 is 6.09 Å². The number of aromatic nitrogens is 2. The average Bonchev–Trinajstić information content (AvgIpc) is 2.35. The molecule has 0 aliphatic carbocycles. The van der Waals surface area contributed by atoms with E-state index >= 15 is 0 Å². The first-order valence-electron chi connectivity index (χ1n) is 6.87. The van der Waals surface area contributed by atoms with E-state index in [-0.39, 0.29) is 11.4 Å². The van der Waals surface area contributed by atoms with Crippen molar-refractivity contribution in [2.45, 2.75) is 33.3 Å². The van der Waals surface area contributed by atoms with Crippen LogP contribution < -0.4 is 10.1 Å². The zero-order chi connectivity index (χ0) is 16.3. The van der Waals surface area contributed by atoms with Crippen LogP contribution in [-0.2, 0) is 0 Å². The zero-order valence-electron chi connectivity index (χ0n) is 13.0. The summed E-state index contributed by atoms with van der Waals surface area (Å²) in [7, 11) is 0. The second kappa shape index (κ2) is 6.01. The number of amides is 1. The van der Waals surface area contributed by atoms with Crippen LogP contribution >= 0.6 is 0 Å². The molecule has 2 aromatic heterocycles. The maximum Gasteiger partial charge on any atom is 0.410 e. The van der Waals surface area contributed by atoms with Crippen LogP contribution in [0.15, 0.2) is 30.5 Å². The molecule has 116 valence electrons. The Bertz CT molecular complexity index is 693. The lowest BCUT2D eigenvalue weighted by Crippen LogP contribution is -2.23. The monoisotopic (exact) mass is 301 g/mol. The summed E-state index contributed by atoms with van der Waals surface area (Å²) < 4.78 is 5.80. The molecule has 0 fully saturated rings. The van der Waals surface area contributed by atoms with Gasteiger partial charge < -0.3 is 9.84 Å². The van der Waals surface area contributed by atoms with Crippen molar-refractivity contribution in [3.8, 4) is 17.0 Å². The molecule has 0 aromatic carbocycles. The smallest absolute Gasteiger partial charge is 0.410 e. The Labute approximate surface area is 129 Å². The minimum atomic E-state index is -1.15. The number of nitrogens with zero attached hydrogens (tertiary/aromatic N) is 2. The lowest BCUT2D eigenvalue weighted by molar-refractivity contribution is 0.124. The number of carboxylic acid groups (broad SMARTS) is 1. The van der Waals surface area contributed by atoms with Crippen LogP contribution in [0.25, 0.3) is 11.1 Å². The van der Waals surface area contributed by atoms with E-state index in [4.69, 9.17) is 9.84 Å². The van der Waals surface area contributed by atoms with Crippen LogP contribution in [0.1, 0.15) is 26.5 Å². The van der Waals surface area contributed by atoms with Gasteiger partial charge in [0, 0.05) is 18.0 Å². The van der Waals surface area contributed by atoms with Crippen LogP contribution in [0.3, 0.4) is 0 Å². The number of carbonyl (C=O) groups is 1. The minimum absolute atomic E-state index is 0.276. The van der Waals surface area contributed by atoms with Gasteiger partial charge in [0.25, 0.3) is 0 Å². The number of hydrogen-bond acceptors (Lipinski definition) is 4. The lowest BCUT2D eigenvalue weighted by Gasteiger charge is -2.21. The van der Waals surface area contributed by atoms with Gasteiger partial charge in [-0.05, 0) is 57.0 Å².